The minimum absolute atomic E-state index is 0.591. The second-order valence-electron chi connectivity index (χ2n) is 5.14. The number of nitrogens with zero attached hydrogens (tertiary/aromatic N) is 3. The van der Waals surface area contributed by atoms with Gasteiger partial charge in [0.1, 0.15) is 0 Å². The van der Waals surface area contributed by atoms with Gasteiger partial charge in [0, 0.05) is 29.8 Å². The third kappa shape index (κ3) is 3.11. The zero-order valence-corrected chi connectivity index (χ0v) is 12.7. The molecule has 110 valence electrons. The molecule has 4 nitrogen and oxygen atoms in total. The smallest absolute Gasteiger partial charge is 0.227 e. The molecule has 4 heteroatoms. The normalized spacial score (nSPS) is 10.5. The topological polar surface area (TPSA) is 50.7 Å². The molecule has 1 N–H and O–H groups in total. The van der Waals surface area contributed by atoms with Gasteiger partial charge in [0.25, 0.3) is 0 Å². The first kappa shape index (κ1) is 14.2. The Morgan fingerprint density at radius 2 is 2.00 bits per heavy atom. The van der Waals surface area contributed by atoms with Crippen molar-refractivity contribution in [3.05, 3.63) is 66.1 Å². The summed E-state index contributed by atoms with van der Waals surface area (Å²) in [6.07, 6.45) is 6.34. The fourth-order valence-corrected chi connectivity index (χ4v) is 2.30. The zero-order chi connectivity index (χ0) is 15.4. The lowest BCUT2D eigenvalue weighted by atomic mass is 10.1. The Morgan fingerprint density at radius 1 is 1.09 bits per heavy atom. The van der Waals surface area contributed by atoms with Crippen LogP contribution < -0.4 is 5.32 Å². The number of nitrogens with one attached hydrogen (secondary N) is 1. The highest BCUT2D eigenvalue weighted by molar-refractivity contribution is 5.63. The molecule has 0 aliphatic rings. The standard InChI is InChI=1S/C18H18N4/c1-3-14-6-7-16(13(2)11-14)21-18-20-10-8-17(22-18)15-5-4-9-19-12-15/h4-12H,3H2,1-2H3,(H,20,21,22). The van der Waals surface area contributed by atoms with Crippen molar-refractivity contribution in [2.75, 3.05) is 5.32 Å². The number of hydrogen-bond acceptors (Lipinski definition) is 4. The lowest BCUT2D eigenvalue weighted by Crippen LogP contribution is -2.00. The molecule has 3 rings (SSSR count). The number of rotatable bonds is 4. The average Bonchev–Trinajstić information content (AvgIpc) is 2.58. The molecule has 0 spiro atoms. The third-order valence-corrected chi connectivity index (χ3v) is 3.56. The maximum absolute atomic E-state index is 4.56. The van der Waals surface area contributed by atoms with Gasteiger partial charge < -0.3 is 5.32 Å². The number of benzene rings is 1. The summed E-state index contributed by atoms with van der Waals surface area (Å²) in [6.45, 7) is 4.24. The van der Waals surface area contributed by atoms with Gasteiger partial charge in [-0.25, -0.2) is 9.97 Å². The third-order valence-electron chi connectivity index (χ3n) is 3.56. The zero-order valence-electron chi connectivity index (χ0n) is 12.7. The first-order valence-corrected chi connectivity index (χ1v) is 7.36. The number of hydrogen-bond donors (Lipinski definition) is 1. The molecule has 1 aromatic carbocycles. The molecule has 0 bridgehead atoms. The Balaban J connectivity index is 1.87. The Bertz CT molecular complexity index is 769. The molecule has 22 heavy (non-hydrogen) atoms. The van der Waals surface area contributed by atoms with Gasteiger partial charge in [0.2, 0.25) is 5.95 Å². The van der Waals surface area contributed by atoms with Crippen LogP contribution in [-0.2, 0) is 6.42 Å². The monoisotopic (exact) mass is 290 g/mol. The van der Waals surface area contributed by atoms with E-state index >= 15 is 0 Å². The largest absolute Gasteiger partial charge is 0.324 e. The SMILES string of the molecule is CCc1ccc(Nc2nccc(-c3cccnc3)n2)c(C)c1. The minimum atomic E-state index is 0.591. The second kappa shape index (κ2) is 6.35. The highest BCUT2D eigenvalue weighted by Gasteiger charge is 2.05. The van der Waals surface area contributed by atoms with Crippen molar-refractivity contribution in [2.45, 2.75) is 20.3 Å². The summed E-state index contributed by atoms with van der Waals surface area (Å²) in [5, 5.41) is 3.29. The number of pyridine rings is 1. The fraction of sp³-hybridized carbons (Fsp3) is 0.167. The Morgan fingerprint density at radius 3 is 2.73 bits per heavy atom. The van der Waals surface area contributed by atoms with E-state index in [-0.39, 0.29) is 0 Å². The highest BCUT2D eigenvalue weighted by atomic mass is 15.1. The summed E-state index contributed by atoms with van der Waals surface area (Å²) in [5.74, 6) is 0.591. The van der Waals surface area contributed by atoms with Crippen molar-refractivity contribution < 1.29 is 0 Å². The van der Waals surface area contributed by atoms with Crippen molar-refractivity contribution in [2.24, 2.45) is 0 Å². The van der Waals surface area contributed by atoms with Crippen LogP contribution in [0.4, 0.5) is 11.6 Å². The predicted octanol–water partition coefficient (Wildman–Crippen LogP) is 4.15. The number of aryl methyl sites for hydroxylation is 2. The van der Waals surface area contributed by atoms with Gasteiger partial charge in [-0.2, -0.15) is 0 Å². The Hall–Kier alpha value is -2.75. The first-order chi connectivity index (χ1) is 10.8. The van der Waals surface area contributed by atoms with Crippen LogP contribution in [-0.4, -0.2) is 15.0 Å². The minimum Gasteiger partial charge on any atom is -0.324 e. The molecule has 0 aliphatic heterocycles. The van der Waals surface area contributed by atoms with Crippen LogP contribution in [0.5, 0.6) is 0 Å². The molecule has 2 heterocycles. The van der Waals surface area contributed by atoms with E-state index in [2.05, 4.69) is 52.3 Å². The van der Waals surface area contributed by atoms with E-state index in [1.54, 1.807) is 18.6 Å². The molecule has 0 fully saturated rings. The molecular weight excluding hydrogens is 272 g/mol. The number of anilines is 2. The lowest BCUT2D eigenvalue weighted by molar-refractivity contribution is 1.12. The fourth-order valence-electron chi connectivity index (χ4n) is 2.30. The first-order valence-electron chi connectivity index (χ1n) is 7.36. The van der Waals surface area contributed by atoms with E-state index in [0.29, 0.717) is 5.95 Å². The van der Waals surface area contributed by atoms with Crippen LogP contribution in [0, 0.1) is 6.92 Å². The molecule has 0 amide bonds. The van der Waals surface area contributed by atoms with Crippen molar-refractivity contribution in [3.63, 3.8) is 0 Å². The van der Waals surface area contributed by atoms with Crippen LogP contribution in [0.3, 0.4) is 0 Å². The molecule has 0 aliphatic carbocycles. The van der Waals surface area contributed by atoms with Crippen molar-refractivity contribution in [3.8, 4) is 11.3 Å². The summed E-state index contributed by atoms with van der Waals surface area (Å²) in [4.78, 5) is 13.0. The van der Waals surface area contributed by atoms with Gasteiger partial charge in [-0.3, -0.25) is 4.98 Å². The summed E-state index contributed by atoms with van der Waals surface area (Å²) >= 11 is 0. The van der Waals surface area contributed by atoms with Gasteiger partial charge in [0.05, 0.1) is 5.69 Å². The maximum Gasteiger partial charge on any atom is 0.227 e. The van der Waals surface area contributed by atoms with Crippen LogP contribution in [0.25, 0.3) is 11.3 Å². The van der Waals surface area contributed by atoms with E-state index in [1.807, 2.05) is 18.2 Å². The van der Waals surface area contributed by atoms with E-state index in [9.17, 15) is 0 Å². The van der Waals surface area contributed by atoms with Crippen molar-refractivity contribution >= 4 is 11.6 Å². The van der Waals surface area contributed by atoms with E-state index in [0.717, 1.165) is 23.4 Å². The van der Waals surface area contributed by atoms with Gasteiger partial charge >= 0.3 is 0 Å². The van der Waals surface area contributed by atoms with Crippen LogP contribution >= 0.6 is 0 Å². The van der Waals surface area contributed by atoms with Crippen molar-refractivity contribution in [1.29, 1.82) is 0 Å². The second-order valence-corrected chi connectivity index (χ2v) is 5.14. The summed E-state index contributed by atoms with van der Waals surface area (Å²) in [5.41, 5.74) is 5.38. The molecule has 3 aromatic rings. The number of aromatic nitrogens is 3. The molecular formula is C18H18N4. The summed E-state index contributed by atoms with van der Waals surface area (Å²) in [7, 11) is 0. The van der Waals surface area contributed by atoms with Crippen LogP contribution in [0.15, 0.2) is 55.0 Å². The van der Waals surface area contributed by atoms with Gasteiger partial charge in [0.15, 0.2) is 0 Å². The molecule has 0 radical (unpaired) electrons. The highest BCUT2D eigenvalue weighted by Crippen LogP contribution is 2.22. The van der Waals surface area contributed by atoms with Crippen LogP contribution in [0.2, 0.25) is 0 Å². The van der Waals surface area contributed by atoms with Crippen LogP contribution in [0.1, 0.15) is 18.1 Å². The van der Waals surface area contributed by atoms with Gasteiger partial charge in [-0.1, -0.05) is 19.1 Å². The quantitative estimate of drug-likeness (QED) is 0.784. The molecule has 0 unspecified atom stereocenters. The van der Waals surface area contributed by atoms with Gasteiger partial charge in [-0.05, 0) is 48.7 Å². The predicted molar refractivity (Wildman–Crippen MR) is 89.1 cm³/mol. The van der Waals surface area contributed by atoms with E-state index < -0.39 is 0 Å². The summed E-state index contributed by atoms with van der Waals surface area (Å²) in [6, 6.07) is 12.2. The van der Waals surface area contributed by atoms with E-state index in [1.165, 1.54) is 11.1 Å². The van der Waals surface area contributed by atoms with E-state index in [4.69, 9.17) is 0 Å². The molecule has 0 saturated heterocycles. The molecule has 0 atom stereocenters. The molecule has 0 saturated carbocycles. The maximum atomic E-state index is 4.56. The average molecular weight is 290 g/mol. The van der Waals surface area contributed by atoms with Crippen molar-refractivity contribution in [1.82, 2.24) is 15.0 Å². The Kier molecular flexibility index (Phi) is 4.10. The Labute approximate surface area is 130 Å². The lowest BCUT2D eigenvalue weighted by Gasteiger charge is -2.10. The van der Waals surface area contributed by atoms with Gasteiger partial charge in [-0.15, -0.1) is 0 Å². The summed E-state index contributed by atoms with van der Waals surface area (Å²) < 4.78 is 0. The molecule has 2 aromatic heterocycles.